The predicted octanol–water partition coefficient (Wildman–Crippen LogP) is 2.95. The van der Waals surface area contributed by atoms with Crippen LogP contribution >= 0.6 is 24.0 Å². The molecule has 0 unspecified atom stereocenters. The van der Waals surface area contributed by atoms with Gasteiger partial charge >= 0.3 is 0 Å². The molecule has 1 heterocycles. The number of methoxy groups -OCH3 is 1. The van der Waals surface area contributed by atoms with Crippen molar-refractivity contribution in [1.82, 2.24) is 10.4 Å². The molecule has 2 N–H and O–H groups in total. The molecular formula is C18H14N2O4S2. The van der Waals surface area contributed by atoms with Crippen LogP contribution < -0.4 is 10.2 Å². The summed E-state index contributed by atoms with van der Waals surface area (Å²) in [7, 11) is 1.58. The van der Waals surface area contributed by atoms with Gasteiger partial charge in [0.25, 0.3) is 11.8 Å². The average Bonchev–Trinajstić information content (AvgIpc) is 2.90. The normalized spacial score (nSPS) is 15.4. The number of nitrogens with zero attached hydrogens (tertiary/aromatic N) is 1. The van der Waals surface area contributed by atoms with E-state index in [1.165, 1.54) is 12.1 Å². The Morgan fingerprint density at radius 2 is 1.92 bits per heavy atom. The molecule has 6 nitrogen and oxygen atoms in total. The van der Waals surface area contributed by atoms with Gasteiger partial charge in [-0.15, -0.1) is 0 Å². The van der Waals surface area contributed by atoms with Crippen LogP contribution in [-0.2, 0) is 4.79 Å². The monoisotopic (exact) mass is 386 g/mol. The van der Waals surface area contributed by atoms with Gasteiger partial charge in [-0.2, -0.15) is 5.01 Å². The number of ether oxygens (including phenoxy) is 1. The molecule has 2 amide bonds. The summed E-state index contributed by atoms with van der Waals surface area (Å²) in [6.07, 6.45) is 1.69. The maximum Gasteiger partial charge on any atom is 0.285 e. The molecule has 0 bridgehead atoms. The Balaban J connectivity index is 1.77. The molecule has 0 aromatic heterocycles. The number of hydrogen-bond acceptors (Lipinski definition) is 6. The number of amides is 2. The van der Waals surface area contributed by atoms with Crippen molar-refractivity contribution in [2.24, 2.45) is 0 Å². The largest absolute Gasteiger partial charge is 0.507 e. The van der Waals surface area contributed by atoms with Crippen molar-refractivity contribution in [3.05, 3.63) is 64.6 Å². The summed E-state index contributed by atoms with van der Waals surface area (Å²) < 4.78 is 5.31. The lowest BCUT2D eigenvalue weighted by atomic mass is 10.2. The molecule has 8 heteroatoms. The van der Waals surface area contributed by atoms with Crippen molar-refractivity contribution in [3.8, 4) is 11.5 Å². The number of benzene rings is 2. The minimum absolute atomic E-state index is 0.0562. The highest BCUT2D eigenvalue weighted by Crippen LogP contribution is 2.32. The number of carbonyl (C=O) groups excluding carboxylic acids is 2. The predicted molar refractivity (Wildman–Crippen MR) is 104 cm³/mol. The third-order valence-corrected chi connectivity index (χ3v) is 4.87. The number of hydrazine groups is 1. The number of rotatable bonds is 4. The SMILES string of the molecule is COc1ccc(C=C2SC(=S)N(NC(=O)c3ccccc3O)C2=O)cc1. The zero-order valence-corrected chi connectivity index (χ0v) is 15.3. The van der Waals surface area contributed by atoms with Crippen LogP contribution in [0.25, 0.3) is 6.08 Å². The Morgan fingerprint density at radius 3 is 2.58 bits per heavy atom. The van der Waals surface area contributed by atoms with Gasteiger partial charge < -0.3 is 9.84 Å². The topological polar surface area (TPSA) is 78.9 Å². The molecule has 26 heavy (non-hydrogen) atoms. The zero-order valence-electron chi connectivity index (χ0n) is 13.6. The third-order valence-electron chi connectivity index (χ3n) is 3.57. The van der Waals surface area contributed by atoms with Gasteiger partial charge in [-0.3, -0.25) is 15.0 Å². The van der Waals surface area contributed by atoms with Gasteiger partial charge in [0.1, 0.15) is 11.5 Å². The van der Waals surface area contributed by atoms with Crippen molar-refractivity contribution in [3.63, 3.8) is 0 Å². The first-order chi connectivity index (χ1) is 12.5. The second-order valence-corrected chi connectivity index (χ2v) is 6.92. The van der Waals surface area contributed by atoms with E-state index in [0.29, 0.717) is 10.7 Å². The third kappa shape index (κ3) is 3.71. The molecule has 0 spiro atoms. The molecule has 132 valence electrons. The molecule has 0 aliphatic carbocycles. The average molecular weight is 386 g/mol. The minimum atomic E-state index is -0.620. The van der Waals surface area contributed by atoms with E-state index in [-0.39, 0.29) is 15.6 Å². The summed E-state index contributed by atoms with van der Waals surface area (Å²) in [4.78, 5) is 25.2. The Kier molecular flexibility index (Phi) is 5.24. The number of thioether (sulfide) groups is 1. The van der Waals surface area contributed by atoms with Crippen molar-refractivity contribution >= 4 is 46.2 Å². The van der Waals surface area contributed by atoms with Gasteiger partial charge in [-0.1, -0.05) is 36.0 Å². The lowest BCUT2D eigenvalue weighted by Crippen LogP contribution is -2.44. The first-order valence-corrected chi connectivity index (χ1v) is 8.73. The van der Waals surface area contributed by atoms with E-state index in [0.717, 1.165) is 22.3 Å². The quantitative estimate of drug-likeness (QED) is 0.621. The second-order valence-electron chi connectivity index (χ2n) is 5.25. The number of hydrogen-bond donors (Lipinski definition) is 2. The highest BCUT2D eigenvalue weighted by Gasteiger charge is 2.34. The minimum Gasteiger partial charge on any atom is -0.507 e. The molecule has 1 saturated heterocycles. The van der Waals surface area contributed by atoms with Crippen molar-refractivity contribution in [1.29, 1.82) is 0 Å². The lowest BCUT2D eigenvalue weighted by Gasteiger charge is -2.16. The fourth-order valence-electron chi connectivity index (χ4n) is 2.24. The van der Waals surface area contributed by atoms with Crippen molar-refractivity contribution in [2.45, 2.75) is 0 Å². The van der Waals surface area contributed by atoms with Crippen LogP contribution in [0.2, 0.25) is 0 Å². The van der Waals surface area contributed by atoms with Gasteiger partial charge in [0.2, 0.25) is 0 Å². The zero-order chi connectivity index (χ0) is 18.7. The molecule has 0 atom stereocenters. The molecule has 1 fully saturated rings. The van der Waals surface area contributed by atoms with Gasteiger partial charge in [0, 0.05) is 0 Å². The fraction of sp³-hybridized carbons (Fsp3) is 0.0556. The summed E-state index contributed by atoms with van der Waals surface area (Å²) in [6.45, 7) is 0. The summed E-state index contributed by atoms with van der Waals surface area (Å²) in [5, 5.41) is 10.8. The van der Waals surface area contributed by atoms with Crippen LogP contribution in [0.4, 0.5) is 0 Å². The number of thiocarbonyl (C=S) groups is 1. The number of nitrogens with one attached hydrogen (secondary N) is 1. The Morgan fingerprint density at radius 1 is 1.23 bits per heavy atom. The summed E-state index contributed by atoms with van der Waals surface area (Å²) >= 11 is 6.27. The fourth-order valence-corrected chi connectivity index (χ4v) is 3.42. The van der Waals surface area contributed by atoms with E-state index in [9.17, 15) is 14.7 Å². The summed E-state index contributed by atoms with van der Waals surface area (Å²) in [6, 6.07) is 13.3. The van der Waals surface area contributed by atoms with Gasteiger partial charge in [0.05, 0.1) is 17.6 Å². The number of aromatic hydroxyl groups is 1. The maximum atomic E-state index is 12.5. The van der Waals surface area contributed by atoms with Crippen LogP contribution in [0.3, 0.4) is 0 Å². The molecule has 2 aromatic rings. The van der Waals surface area contributed by atoms with E-state index >= 15 is 0 Å². The molecule has 1 aliphatic rings. The van der Waals surface area contributed by atoms with Crippen LogP contribution in [0.1, 0.15) is 15.9 Å². The highest BCUT2D eigenvalue weighted by atomic mass is 32.2. The standard InChI is InChI=1S/C18H14N2O4S2/c1-24-12-8-6-11(7-9-12)10-15-17(23)20(18(25)26-15)19-16(22)13-4-2-3-5-14(13)21/h2-10,21H,1H3,(H,19,22). The van der Waals surface area contributed by atoms with E-state index in [1.807, 2.05) is 12.1 Å². The highest BCUT2D eigenvalue weighted by molar-refractivity contribution is 8.26. The second kappa shape index (κ2) is 7.59. The first kappa shape index (κ1) is 18.0. The number of carbonyl (C=O) groups is 2. The Labute approximate surface area is 159 Å². The van der Waals surface area contributed by atoms with Crippen LogP contribution in [0.15, 0.2) is 53.4 Å². The van der Waals surface area contributed by atoms with E-state index < -0.39 is 11.8 Å². The van der Waals surface area contributed by atoms with E-state index in [2.05, 4.69) is 5.43 Å². The smallest absolute Gasteiger partial charge is 0.285 e. The van der Waals surface area contributed by atoms with E-state index in [4.69, 9.17) is 17.0 Å². The Hall–Kier alpha value is -2.84. The molecule has 0 radical (unpaired) electrons. The number of phenolic OH excluding ortho intramolecular Hbond substituents is 1. The van der Waals surface area contributed by atoms with Gasteiger partial charge in [0.15, 0.2) is 4.32 Å². The van der Waals surface area contributed by atoms with Crippen LogP contribution in [-0.4, -0.2) is 33.4 Å². The molecule has 3 rings (SSSR count). The number of phenols is 1. The van der Waals surface area contributed by atoms with E-state index in [1.54, 1.807) is 37.5 Å². The molecule has 0 saturated carbocycles. The Bertz CT molecular complexity index is 910. The van der Waals surface area contributed by atoms with Crippen molar-refractivity contribution in [2.75, 3.05) is 7.11 Å². The summed E-state index contributed by atoms with van der Waals surface area (Å²) in [5.41, 5.74) is 3.29. The maximum absolute atomic E-state index is 12.5. The van der Waals surface area contributed by atoms with Gasteiger partial charge in [-0.25, -0.2) is 0 Å². The van der Waals surface area contributed by atoms with Crippen molar-refractivity contribution < 1.29 is 19.4 Å². The first-order valence-electron chi connectivity index (χ1n) is 7.50. The molecule has 2 aromatic carbocycles. The summed E-state index contributed by atoms with van der Waals surface area (Å²) in [5.74, 6) is -0.515. The molecular weight excluding hydrogens is 372 g/mol. The molecule has 1 aliphatic heterocycles. The van der Waals surface area contributed by atoms with Crippen LogP contribution in [0, 0.1) is 0 Å². The number of para-hydroxylation sites is 1. The van der Waals surface area contributed by atoms with Gasteiger partial charge in [-0.05, 0) is 48.1 Å². The lowest BCUT2D eigenvalue weighted by molar-refractivity contribution is -0.123. The van der Waals surface area contributed by atoms with Crippen LogP contribution in [0.5, 0.6) is 11.5 Å².